The molecule has 0 spiro atoms. The monoisotopic (exact) mass is 621 g/mol. The van der Waals surface area contributed by atoms with Crippen molar-refractivity contribution in [2.24, 2.45) is 20.5 Å². The zero-order chi connectivity index (χ0) is 30.7. The lowest BCUT2D eigenvalue weighted by Crippen LogP contribution is -2.23. The van der Waals surface area contributed by atoms with Gasteiger partial charge in [0.15, 0.2) is 11.3 Å². The van der Waals surface area contributed by atoms with Crippen LogP contribution >= 0.6 is 12.0 Å². The lowest BCUT2D eigenvalue weighted by Gasteiger charge is -2.08. The van der Waals surface area contributed by atoms with Crippen LogP contribution in [0.25, 0.3) is 16.7 Å². The molecule has 2 aromatic heterocycles. The molecule has 0 atom stereocenters. The van der Waals surface area contributed by atoms with E-state index in [1.54, 1.807) is 55.5 Å². The van der Waals surface area contributed by atoms with E-state index in [1.165, 1.54) is 17.6 Å². The summed E-state index contributed by atoms with van der Waals surface area (Å²) >= 11 is 0.749. The molecule has 0 unspecified atom stereocenters. The van der Waals surface area contributed by atoms with Crippen LogP contribution in [0.3, 0.4) is 0 Å². The van der Waals surface area contributed by atoms with E-state index in [-0.39, 0.29) is 39.2 Å². The Morgan fingerprint density at radius 2 is 1.74 bits per heavy atom. The minimum atomic E-state index is -4.87. The van der Waals surface area contributed by atoms with Crippen LogP contribution in [-0.4, -0.2) is 40.6 Å². The number of fused-ring (bicyclic) bond motifs is 3. The average Bonchev–Trinajstić information content (AvgIpc) is 3.38. The number of hydrogen-bond donors (Lipinski definition) is 3. The Labute approximate surface area is 246 Å². The highest BCUT2D eigenvalue weighted by Gasteiger charge is 2.21. The largest absolute Gasteiger partial charge is 0.494 e. The smallest absolute Gasteiger partial charge is 0.296 e. The fourth-order valence-corrected chi connectivity index (χ4v) is 5.10. The molecule has 0 radical (unpaired) electrons. The number of hydrogen-bond acceptors (Lipinski definition) is 14. The van der Waals surface area contributed by atoms with E-state index >= 15 is 0 Å². The summed E-state index contributed by atoms with van der Waals surface area (Å²) < 4.78 is 45.6. The molecular weight excluding hydrogens is 602 g/mol. The summed E-state index contributed by atoms with van der Waals surface area (Å²) in [7, 11) is -3.56. The van der Waals surface area contributed by atoms with Crippen molar-refractivity contribution in [3.05, 3.63) is 81.8 Å². The van der Waals surface area contributed by atoms with Crippen LogP contribution in [0.15, 0.2) is 95.7 Å². The van der Waals surface area contributed by atoms with Gasteiger partial charge in [-0.15, -0.1) is 19.7 Å². The molecule has 15 nitrogen and oxygen atoms in total. The molecule has 0 aliphatic rings. The van der Waals surface area contributed by atoms with Gasteiger partial charge in [0.05, 0.1) is 41.1 Å². The Morgan fingerprint density at radius 3 is 2.42 bits per heavy atom. The molecule has 5 rings (SSSR count). The van der Waals surface area contributed by atoms with Crippen molar-refractivity contribution in [3.8, 4) is 5.75 Å². The van der Waals surface area contributed by atoms with E-state index in [9.17, 15) is 17.8 Å². The first-order valence-electron chi connectivity index (χ1n) is 12.0. The first-order valence-corrected chi connectivity index (χ1v) is 14.2. The zero-order valence-corrected chi connectivity index (χ0v) is 23.8. The van der Waals surface area contributed by atoms with Crippen LogP contribution in [0.2, 0.25) is 0 Å². The molecule has 0 saturated heterocycles. The highest BCUT2D eigenvalue weighted by atomic mass is 32.2. The molecule has 0 aliphatic heterocycles. The second kappa shape index (κ2) is 12.2. The van der Waals surface area contributed by atoms with E-state index in [4.69, 9.17) is 15.4 Å². The van der Waals surface area contributed by atoms with Gasteiger partial charge in [-0.05, 0) is 55.3 Å². The van der Waals surface area contributed by atoms with E-state index < -0.39 is 20.6 Å². The van der Waals surface area contributed by atoms with Crippen molar-refractivity contribution in [2.45, 2.75) is 16.7 Å². The van der Waals surface area contributed by atoms with Gasteiger partial charge < -0.3 is 4.74 Å². The zero-order valence-electron chi connectivity index (χ0n) is 22.1. The third kappa shape index (κ3) is 5.90. The maximum absolute atomic E-state index is 13.5. The number of para-hydroxylation sites is 2. The molecule has 2 heterocycles. The molecule has 3 N–H and O–H groups in total. The molecule has 5 aromatic rings. The standard InChI is InChI=1S/C26H19N7O8S2/c1-14-17(13-27)25-28-18-5-3-4-6-21(18)33(25)26(34)24(14)32-31-20-11-22(39-2)19(12-23(20)43(36,37)38)30-29-15-7-9-16(10-8-15)42-41-40-35/h3-12,27,35H,1-2H3,(H,36,37,38). The average molecular weight is 622 g/mol. The number of methoxy groups -OCH3 is 1. The molecule has 43 heavy (non-hydrogen) atoms. The summed E-state index contributed by atoms with van der Waals surface area (Å²) in [5.74, 6) is 2.33. The van der Waals surface area contributed by atoms with Gasteiger partial charge in [-0.1, -0.05) is 17.2 Å². The third-order valence-corrected chi connectivity index (χ3v) is 7.59. The second-order valence-corrected chi connectivity index (χ2v) is 10.8. The molecule has 0 amide bonds. The van der Waals surface area contributed by atoms with Gasteiger partial charge in [0.25, 0.3) is 15.7 Å². The number of nitrogens with zero attached hydrogens (tertiary/aromatic N) is 6. The van der Waals surface area contributed by atoms with Crippen molar-refractivity contribution in [1.82, 2.24) is 9.38 Å². The Morgan fingerprint density at radius 1 is 1.02 bits per heavy atom. The molecular formula is C26H19N7O8S2. The highest BCUT2D eigenvalue weighted by Crippen LogP contribution is 2.39. The summed E-state index contributed by atoms with van der Waals surface area (Å²) in [6, 6.07) is 15.4. The van der Waals surface area contributed by atoms with Crippen molar-refractivity contribution in [3.63, 3.8) is 0 Å². The predicted molar refractivity (Wildman–Crippen MR) is 154 cm³/mol. The van der Waals surface area contributed by atoms with Crippen LogP contribution < -0.4 is 15.5 Å². The van der Waals surface area contributed by atoms with Gasteiger partial charge in [-0.2, -0.15) is 13.5 Å². The maximum Gasteiger partial charge on any atom is 0.296 e. The number of aromatic nitrogens is 2. The van der Waals surface area contributed by atoms with Gasteiger partial charge in [0, 0.05) is 16.5 Å². The van der Waals surface area contributed by atoms with Gasteiger partial charge in [-0.25, -0.2) is 10.2 Å². The number of azo groups is 2. The SMILES string of the molecule is COc1cc(N=Nc2c(C)c(=C=N)c3nc4ccccc4n3c2=O)c(S(=O)(=O)O)cc1N=Nc1ccc(SOOO)cc1. The second-order valence-electron chi connectivity index (χ2n) is 8.62. The van der Waals surface area contributed by atoms with Crippen molar-refractivity contribution in [2.75, 3.05) is 7.11 Å². The summed E-state index contributed by atoms with van der Waals surface area (Å²) in [6.07, 6.45) is 0. The molecule has 17 heteroatoms. The number of ether oxygens (including phenoxy) is 1. The van der Waals surface area contributed by atoms with Crippen LogP contribution in [0.5, 0.6) is 5.75 Å². The lowest BCUT2D eigenvalue weighted by molar-refractivity contribution is -0.432. The minimum absolute atomic E-state index is 0.0365. The summed E-state index contributed by atoms with van der Waals surface area (Å²) in [4.78, 5) is 17.9. The molecule has 3 aromatic carbocycles. The Hall–Kier alpha value is -4.87. The van der Waals surface area contributed by atoms with Crippen LogP contribution in [0, 0.1) is 12.3 Å². The summed E-state index contributed by atoms with van der Waals surface area (Å²) in [5, 5.41) is 35.9. The van der Waals surface area contributed by atoms with Crippen molar-refractivity contribution < 1.29 is 32.3 Å². The number of pyridine rings is 1. The quantitative estimate of drug-likeness (QED) is 0.0482. The first-order chi connectivity index (χ1) is 20.7. The number of imidazole rings is 1. The molecule has 0 aliphatic carbocycles. The van der Waals surface area contributed by atoms with Crippen LogP contribution in [0.4, 0.5) is 22.7 Å². The normalized spacial score (nSPS) is 12.1. The summed E-state index contributed by atoms with van der Waals surface area (Å²) in [6.45, 7) is 1.54. The summed E-state index contributed by atoms with van der Waals surface area (Å²) in [5.41, 5.74) is 0.637. The Balaban J connectivity index is 1.60. The number of benzene rings is 3. The number of rotatable bonds is 9. The molecule has 0 fully saturated rings. The molecule has 218 valence electrons. The van der Waals surface area contributed by atoms with Gasteiger partial charge in [0.1, 0.15) is 22.0 Å². The molecule has 0 saturated carbocycles. The van der Waals surface area contributed by atoms with Crippen LogP contribution in [-0.2, 0) is 19.5 Å². The maximum atomic E-state index is 13.5. The Kier molecular flexibility index (Phi) is 8.38. The van der Waals surface area contributed by atoms with Crippen molar-refractivity contribution >= 4 is 67.5 Å². The van der Waals surface area contributed by atoms with E-state index in [0.717, 1.165) is 18.1 Å². The van der Waals surface area contributed by atoms with Gasteiger partial charge >= 0.3 is 0 Å². The predicted octanol–water partition coefficient (Wildman–Crippen LogP) is 5.31. The van der Waals surface area contributed by atoms with Gasteiger partial charge in [-0.3, -0.25) is 19.2 Å². The third-order valence-electron chi connectivity index (χ3n) is 6.11. The van der Waals surface area contributed by atoms with E-state index in [1.807, 2.05) is 0 Å². The van der Waals surface area contributed by atoms with Crippen molar-refractivity contribution in [1.29, 1.82) is 5.41 Å². The minimum Gasteiger partial charge on any atom is -0.494 e. The topological polar surface area (TPSA) is 210 Å². The highest BCUT2D eigenvalue weighted by molar-refractivity contribution is 7.94. The van der Waals surface area contributed by atoms with Gasteiger partial charge in [0.2, 0.25) is 0 Å². The fourth-order valence-electron chi connectivity index (χ4n) is 4.12. The fraction of sp³-hybridized carbons (Fsp3) is 0.0769. The Bertz CT molecular complexity index is 2180. The lowest BCUT2D eigenvalue weighted by atomic mass is 10.2. The molecule has 0 bridgehead atoms. The van der Waals surface area contributed by atoms with Crippen LogP contribution in [0.1, 0.15) is 5.56 Å². The first kappa shape index (κ1) is 29.6. The van der Waals surface area contributed by atoms with E-state index in [0.29, 0.717) is 21.6 Å². The number of nitrogens with one attached hydrogen (secondary N) is 1. The van der Waals surface area contributed by atoms with E-state index in [2.05, 4.69) is 40.7 Å².